The van der Waals surface area contributed by atoms with Crippen LogP contribution in [0.4, 0.5) is 8.78 Å². The Morgan fingerprint density at radius 1 is 1.35 bits per heavy atom. The first-order chi connectivity index (χ1) is 8.20. The van der Waals surface area contributed by atoms with Crippen molar-refractivity contribution in [1.82, 2.24) is 4.90 Å². The van der Waals surface area contributed by atoms with Gasteiger partial charge in [0.25, 0.3) is 0 Å². The number of rotatable bonds is 3. The molecule has 1 fully saturated rings. The average molecular weight is 239 g/mol. The Kier molecular flexibility index (Phi) is 3.84. The second-order valence-electron chi connectivity index (χ2n) is 4.41. The predicted octanol–water partition coefficient (Wildman–Crippen LogP) is 2.52. The highest BCUT2D eigenvalue weighted by atomic mass is 19.1. The molecule has 1 aliphatic heterocycles. The number of carbonyl (C=O) groups excluding carboxylic acids is 1. The lowest BCUT2D eigenvalue weighted by Crippen LogP contribution is -2.40. The number of halogens is 2. The lowest BCUT2D eigenvalue weighted by atomic mass is 10.0. The lowest BCUT2D eigenvalue weighted by molar-refractivity contribution is -0.113. The predicted molar refractivity (Wildman–Crippen MR) is 60.5 cm³/mol. The quantitative estimate of drug-likeness (QED) is 0.755. The minimum atomic E-state index is -0.572. The number of benzene rings is 1. The van der Waals surface area contributed by atoms with Crippen LogP contribution >= 0.6 is 0 Å². The smallest absolute Gasteiger partial charge is 0.137 e. The van der Waals surface area contributed by atoms with Crippen molar-refractivity contribution in [3.63, 3.8) is 0 Å². The molecule has 1 unspecified atom stereocenters. The molecule has 92 valence electrons. The van der Waals surface area contributed by atoms with Gasteiger partial charge in [0.15, 0.2) is 0 Å². The monoisotopic (exact) mass is 239 g/mol. The fraction of sp³-hybridized carbons (Fsp3) is 0.462. The van der Waals surface area contributed by atoms with E-state index in [1.165, 1.54) is 12.1 Å². The summed E-state index contributed by atoms with van der Waals surface area (Å²) in [5.41, 5.74) is 0.445. The van der Waals surface area contributed by atoms with Crippen LogP contribution in [-0.4, -0.2) is 23.8 Å². The summed E-state index contributed by atoms with van der Waals surface area (Å²) in [6.07, 6.45) is 3.80. The molecule has 4 heteroatoms. The molecule has 1 aromatic carbocycles. The van der Waals surface area contributed by atoms with Crippen molar-refractivity contribution in [2.24, 2.45) is 0 Å². The number of nitrogens with zero attached hydrogens (tertiary/aromatic N) is 1. The van der Waals surface area contributed by atoms with Crippen molar-refractivity contribution in [2.45, 2.75) is 31.8 Å². The van der Waals surface area contributed by atoms with E-state index in [2.05, 4.69) is 0 Å². The van der Waals surface area contributed by atoms with Gasteiger partial charge in [0.1, 0.15) is 17.9 Å². The Labute approximate surface area is 99.2 Å². The van der Waals surface area contributed by atoms with Gasteiger partial charge < -0.3 is 4.79 Å². The summed E-state index contributed by atoms with van der Waals surface area (Å²) in [4.78, 5) is 12.9. The van der Waals surface area contributed by atoms with E-state index >= 15 is 0 Å². The molecule has 0 spiro atoms. The molecule has 1 aliphatic rings. The third-order valence-corrected chi connectivity index (χ3v) is 3.21. The number of hydrogen-bond donors (Lipinski definition) is 0. The zero-order valence-electron chi connectivity index (χ0n) is 9.53. The topological polar surface area (TPSA) is 20.3 Å². The average Bonchev–Trinajstić information content (AvgIpc) is 2.33. The van der Waals surface area contributed by atoms with Crippen LogP contribution in [0.1, 0.15) is 24.8 Å². The third-order valence-electron chi connectivity index (χ3n) is 3.21. The number of hydrogen-bond acceptors (Lipinski definition) is 2. The maximum absolute atomic E-state index is 13.5. The van der Waals surface area contributed by atoms with Crippen LogP contribution in [-0.2, 0) is 11.3 Å². The molecule has 2 rings (SSSR count). The summed E-state index contributed by atoms with van der Waals surface area (Å²) in [5, 5.41) is 0. The van der Waals surface area contributed by atoms with Gasteiger partial charge in [0.2, 0.25) is 0 Å². The molecule has 0 saturated carbocycles. The summed E-state index contributed by atoms with van der Waals surface area (Å²) in [7, 11) is 0. The van der Waals surface area contributed by atoms with Crippen molar-refractivity contribution in [3.8, 4) is 0 Å². The molecule has 0 aliphatic carbocycles. The van der Waals surface area contributed by atoms with Crippen LogP contribution in [0, 0.1) is 11.6 Å². The molecular weight excluding hydrogens is 224 g/mol. The molecule has 1 saturated heterocycles. The molecule has 0 N–H and O–H groups in total. The SMILES string of the molecule is O=CC1CCCCN1Cc1ccc(F)cc1F. The van der Waals surface area contributed by atoms with Crippen molar-refractivity contribution in [3.05, 3.63) is 35.4 Å². The van der Waals surface area contributed by atoms with Crippen LogP contribution in [0.2, 0.25) is 0 Å². The molecule has 1 aromatic rings. The Hall–Kier alpha value is -1.29. The molecule has 0 aromatic heterocycles. The summed E-state index contributed by atoms with van der Waals surface area (Å²) in [6.45, 7) is 1.16. The summed E-state index contributed by atoms with van der Waals surface area (Å²) in [6, 6.07) is 3.45. The van der Waals surface area contributed by atoms with Crippen molar-refractivity contribution >= 4 is 6.29 Å². The van der Waals surface area contributed by atoms with Gasteiger partial charge >= 0.3 is 0 Å². The van der Waals surface area contributed by atoms with Gasteiger partial charge in [-0.05, 0) is 25.5 Å². The fourth-order valence-corrected chi connectivity index (χ4v) is 2.24. The van der Waals surface area contributed by atoms with Gasteiger partial charge in [-0.15, -0.1) is 0 Å². The first-order valence-corrected chi connectivity index (χ1v) is 5.84. The number of aldehydes is 1. The van der Waals surface area contributed by atoms with E-state index in [1.807, 2.05) is 4.90 Å². The largest absolute Gasteiger partial charge is 0.302 e. The van der Waals surface area contributed by atoms with E-state index in [0.717, 1.165) is 38.2 Å². The van der Waals surface area contributed by atoms with Gasteiger partial charge in [-0.1, -0.05) is 12.5 Å². The highest BCUT2D eigenvalue weighted by molar-refractivity contribution is 5.57. The van der Waals surface area contributed by atoms with Crippen LogP contribution < -0.4 is 0 Å². The first kappa shape index (κ1) is 12.2. The van der Waals surface area contributed by atoms with Gasteiger partial charge in [-0.2, -0.15) is 0 Å². The molecule has 0 bridgehead atoms. The highest BCUT2D eigenvalue weighted by Gasteiger charge is 2.22. The van der Waals surface area contributed by atoms with Gasteiger partial charge in [0.05, 0.1) is 6.04 Å². The number of carbonyl (C=O) groups is 1. The number of piperidine rings is 1. The first-order valence-electron chi connectivity index (χ1n) is 5.84. The van der Waals surface area contributed by atoms with E-state index in [-0.39, 0.29) is 6.04 Å². The summed E-state index contributed by atoms with van der Waals surface area (Å²) >= 11 is 0. The van der Waals surface area contributed by atoms with E-state index in [4.69, 9.17) is 0 Å². The maximum atomic E-state index is 13.5. The molecule has 1 heterocycles. The maximum Gasteiger partial charge on any atom is 0.137 e. The van der Waals surface area contributed by atoms with E-state index in [9.17, 15) is 13.6 Å². The van der Waals surface area contributed by atoms with Crippen LogP contribution in [0.5, 0.6) is 0 Å². The summed E-state index contributed by atoms with van der Waals surface area (Å²) < 4.78 is 26.2. The number of likely N-dealkylation sites (tertiary alicyclic amines) is 1. The van der Waals surface area contributed by atoms with Crippen LogP contribution in [0.25, 0.3) is 0 Å². The Balaban J connectivity index is 2.10. The minimum absolute atomic E-state index is 0.131. The normalized spacial score (nSPS) is 21.4. The van der Waals surface area contributed by atoms with Crippen LogP contribution in [0.3, 0.4) is 0 Å². The van der Waals surface area contributed by atoms with Gasteiger partial charge in [-0.3, -0.25) is 4.90 Å². The Bertz CT molecular complexity index is 408. The highest BCUT2D eigenvalue weighted by Crippen LogP contribution is 2.20. The molecular formula is C13H15F2NO. The van der Waals surface area contributed by atoms with Crippen LogP contribution in [0.15, 0.2) is 18.2 Å². The second-order valence-corrected chi connectivity index (χ2v) is 4.41. The van der Waals surface area contributed by atoms with Gasteiger partial charge in [0, 0.05) is 18.2 Å². The van der Waals surface area contributed by atoms with E-state index in [0.29, 0.717) is 12.1 Å². The summed E-state index contributed by atoms with van der Waals surface area (Å²) in [5.74, 6) is -1.11. The fourth-order valence-electron chi connectivity index (χ4n) is 2.24. The molecule has 2 nitrogen and oxygen atoms in total. The lowest BCUT2D eigenvalue weighted by Gasteiger charge is -2.32. The molecule has 0 radical (unpaired) electrons. The zero-order chi connectivity index (χ0) is 12.3. The second kappa shape index (κ2) is 5.36. The molecule has 1 atom stereocenters. The Morgan fingerprint density at radius 3 is 2.88 bits per heavy atom. The van der Waals surface area contributed by atoms with Crippen molar-refractivity contribution in [2.75, 3.05) is 6.54 Å². The molecule has 17 heavy (non-hydrogen) atoms. The van der Waals surface area contributed by atoms with E-state index < -0.39 is 11.6 Å². The third kappa shape index (κ3) is 2.88. The zero-order valence-corrected chi connectivity index (χ0v) is 9.53. The molecule has 0 amide bonds. The minimum Gasteiger partial charge on any atom is -0.302 e. The Morgan fingerprint density at radius 2 is 2.18 bits per heavy atom. The van der Waals surface area contributed by atoms with Crippen molar-refractivity contribution < 1.29 is 13.6 Å². The van der Waals surface area contributed by atoms with Crippen molar-refractivity contribution in [1.29, 1.82) is 0 Å². The van der Waals surface area contributed by atoms with E-state index in [1.54, 1.807) is 0 Å². The van der Waals surface area contributed by atoms with Gasteiger partial charge in [-0.25, -0.2) is 8.78 Å². The standard InChI is InChI=1S/C13H15F2NO/c14-11-5-4-10(13(15)7-11)8-16-6-2-1-3-12(16)9-17/h4-5,7,9,12H,1-3,6,8H2.